The first kappa shape index (κ1) is 19.7. The highest BCUT2D eigenvalue weighted by Gasteiger charge is 2.55. The number of aromatic hydroxyl groups is 1. The van der Waals surface area contributed by atoms with Crippen LogP contribution in [-0.4, -0.2) is 39.2 Å². The number of aromatic amines is 1. The Morgan fingerprint density at radius 3 is 2.58 bits per heavy atom. The molecule has 2 fully saturated rings. The molecule has 1 aliphatic heterocycles. The summed E-state index contributed by atoms with van der Waals surface area (Å²) in [5, 5.41) is 16.7. The summed E-state index contributed by atoms with van der Waals surface area (Å²) in [5.74, 6) is -2.10. The molecule has 0 atom stereocenters. The van der Waals surface area contributed by atoms with Gasteiger partial charge < -0.3 is 10.0 Å². The van der Waals surface area contributed by atoms with E-state index in [2.05, 4.69) is 10.2 Å². The number of hydrogen-bond acceptors (Lipinski definition) is 3. The molecule has 1 saturated heterocycles. The monoisotopic (exact) mass is 427 g/mol. The van der Waals surface area contributed by atoms with E-state index in [0.717, 1.165) is 54.4 Å². The van der Waals surface area contributed by atoms with Crippen molar-refractivity contribution in [1.82, 2.24) is 15.1 Å². The van der Waals surface area contributed by atoms with Gasteiger partial charge in [-0.25, -0.2) is 13.2 Å². The molecule has 1 saturated carbocycles. The third kappa shape index (κ3) is 3.17. The molecule has 0 unspecified atom stereocenters. The Balaban J connectivity index is 1.26. The number of carbonyl (C=O) groups is 1. The normalized spacial score (nSPS) is 17.5. The topological polar surface area (TPSA) is 69.2 Å². The van der Waals surface area contributed by atoms with E-state index in [9.17, 15) is 23.1 Å². The van der Waals surface area contributed by atoms with Crippen LogP contribution in [0.3, 0.4) is 0 Å². The van der Waals surface area contributed by atoms with Gasteiger partial charge in [-0.1, -0.05) is 0 Å². The van der Waals surface area contributed by atoms with Crippen molar-refractivity contribution in [1.29, 1.82) is 0 Å². The maximum absolute atomic E-state index is 14.1. The molecule has 2 heterocycles. The molecule has 2 N–H and O–H groups in total. The van der Waals surface area contributed by atoms with Crippen LogP contribution in [0.5, 0.6) is 5.75 Å². The lowest BCUT2D eigenvalue weighted by molar-refractivity contribution is -0.0564. The minimum Gasteiger partial charge on any atom is -0.508 e. The molecule has 160 valence electrons. The number of aromatic nitrogens is 2. The number of rotatable bonds is 3. The van der Waals surface area contributed by atoms with Crippen LogP contribution in [-0.2, 0) is 0 Å². The number of hydrogen-bond donors (Lipinski definition) is 2. The van der Waals surface area contributed by atoms with Crippen molar-refractivity contribution in [3.05, 3.63) is 70.7 Å². The van der Waals surface area contributed by atoms with Crippen molar-refractivity contribution in [3.8, 4) is 17.0 Å². The Bertz CT molecular complexity index is 1190. The highest BCUT2D eigenvalue weighted by molar-refractivity contribution is 5.95. The lowest BCUT2D eigenvalue weighted by Crippen LogP contribution is -2.63. The van der Waals surface area contributed by atoms with E-state index in [4.69, 9.17) is 0 Å². The van der Waals surface area contributed by atoms with Crippen LogP contribution >= 0.6 is 0 Å². The van der Waals surface area contributed by atoms with Crippen molar-refractivity contribution in [2.24, 2.45) is 5.41 Å². The van der Waals surface area contributed by atoms with E-state index < -0.39 is 23.4 Å². The number of phenols is 1. The summed E-state index contributed by atoms with van der Waals surface area (Å²) < 4.78 is 41.6. The van der Waals surface area contributed by atoms with Gasteiger partial charge in [-0.15, -0.1) is 0 Å². The van der Waals surface area contributed by atoms with Crippen LogP contribution in [0.4, 0.5) is 13.2 Å². The molecule has 2 aliphatic rings. The standard InChI is InChI=1S/C23H20F3N3O2/c1-12-20(27-28-21(12)16-6-14(24)2-4-18(16)25)13-8-23(9-13)10-29(11-23)22(31)17-7-15(30)3-5-19(17)26/h2-7,13,30H,8-11H2,1H3,(H,27,28). The van der Waals surface area contributed by atoms with Crippen LogP contribution in [0, 0.1) is 29.8 Å². The van der Waals surface area contributed by atoms with Gasteiger partial charge in [0.05, 0.1) is 17.0 Å². The maximum Gasteiger partial charge on any atom is 0.257 e. The van der Waals surface area contributed by atoms with Crippen molar-refractivity contribution in [2.45, 2.75) is 25.7 Å². The zero-order valence-corrected chi connectivity index (χ0v) is 16.8. The number of halogens is 3. The zero-order valence-electron chi connectivity index (χ0n) is 16.8. The first-order chi connectivity index (χ1) is 14.8. The molecule has 8 heteroatoms. The molecule has 31 heavy (non-hydrogen) atoms. The highest BCUT2D eigenvalue weighted by atomic mass is 19.1. The van der Waals surface area contributed by atoms with Crippen LogP contribution in [0.15, 0.2) is 36.4 Å². The van der Waals surface area contributed by atoms with Crippen molar-refractivity contribution < 1.29 is 23.1 Å². The minimum absolute atomic E-state index is 0.0245. The predicted octanol–water partition coefficient (Wildman–Crippen LogP) is 4.53. The Kier molecular flexibility index (Phi) is 4.35. The molecule has 1 spiro atoms. The van der Waals surface area contributed by atoms with Crippen molar-refractivity contribution in [3.63, 3.8) is 0 Å². The summed E-state index contributed by atoms with van der Waals surface area (Å²) in [6.07, 6.45) is 1.63. The van der Waals surface area contributed by atoms with Gasteiger partial charge in [-0.2, -0.15) is 5.10 Å². The van der Waals surface area contributed by atoms with Crippen LogP contribution in [0.25, 0.3) is 11.3 Å². The number of nitrogens with one attached hydrogen (secondary N) is 1. The quantitative estimate of drug-likeness (QED) is 0.646. The van der Waals surface area contributed by atoms with Gasteiger partial charge in [0.2, 0.25) is 0 Å². The van der Waals surface area contributed by atoms with E-state index in [1.165, 1.54) is 6.07 Å². The largest absolute Gasteiger partial charge is 0.508 e. The summed E-state index contributed by atoms with van der Waals surface area (Å²) in [6.45, 7) is 2.88. The Morgan fingerprint density at radius 2 is 1.84 bits per heavy atom. The summed E-state index contributed by atoms with van der Waals surface area (Å²) in [4.78, 5) is 14.1. The second-order valence-corrected chi connectivity index (χ2v) is 8.66. The van der Waals surface area contributed by atoms with Crippen molar-refractivity contribution in [2.75, 3.05) is 13.1 Å². The second-order valence-electron chi connectivity index (χ2n) is 8.66. The molecule has 1 aliphatic carbocycles. The Labute approximate surface area is 176 Å². The molecule has 5 nitrogen and oxygen atoms in total. The Hall–Kier alpha value is -3.29. The Morgan fingerprint density at radius 1 is 1.13 bits per heavy atom. The van der Waals surface area contributed by atoms with Gasteiger partial charge in [0, 0.05) is 30.0 Å². The lowest BCUT2D eigenvalue weighted by atomic mass is 9.56. The smallest absolute Gasteiger partial charge is 0.257 e. The van der Waals surface area contributed by atoms with E-state index in [-0.39, 0.29) is 28.2 Å². The van der Waals surface area contributed by atoms with Gasteiger partial charge in [0.1, 0.15) is 23.2 Å². The van der Waals surface area contributed by atoms with Crippen LogP contribution in [0.2, 0.25) is 0 Å². The second kappa shape index (κ2) is 6.87. The van der Waals surface area contributed by atoms with Gasteiger partial charge >= 0.3 is 0 Å². The number of phenolic OH excluding ortho intramolecular Hbond substituents is 1. The summed E-state index contributed by atoms with van der Waals surface area (Å²) in [5.41, 5.74) is 2.09. The molecule has 3 aromatic rings. The number of H-pyrrole nitrogens is 1. The number of likely N-dealkylation sites (tertiary alicyclic amines) is 1. The first-order valence-electron chi connectivity index (χ1n) is 10.0. The molecule has 5 rings (SSSR count). The van der Waals surface area contributed by atoms with Gasteiger partial charge in [-0.3, -0.25) is 9.89 Å². The van der Waals surface area contributed by atoms with E-state index in [1.54, 1.807) is 4.90 Å². The maximum atomic E-state index is 14.1. The van der Waals surface area contributed by atoms with E-state index in [0.29, 0.717) is 18.8 Å². The van der Waals surface area contributed by atoms with E-state index in [1.807, 2.05) is 6.92 Å². The average Bonchev–Trinajstić information content (AvgIpc) is 3.04. The SMILES string of the molecule is Cc1c(C2CC3(C2)CN(C(=O)c2cc(O)ccc2F)C3)n[nH]c1-c1cc(F)ccc1F. The fraction of sp³-hybridized carbons (Fsp3) is 0.304. The fourth-order valence-electron chi connectivity index (χ4n) is 4.95. The van der Waals surface area contributed by atoms with Crippen molar-refractivity contribution >= 4 is 5.91 Å². The molecular formula is C23H20F3N3O2. The zero-order chi connectivity index (χ0) is 21.9. The minimum atomic E-state index is -0.653. The fourth-order valence-corrected chi connectivity index (χ4v) is 4.95. The highest BCUT2D eigenvalue weighted by Crippen LogP contribution is 2.56. The predicted molar refractivity (Wildman–Crippen MR) is 107 cm³/mol. The van der Waals surface area contributed by atoms with Crippen LogP contribution < -0.4 is 0 Å². The lowest BCUT2D eigenvalue weighted by Gasteiger charge is -2.59. The van der Waals surface area contributed by atoms with Gasteiger partial charge in [0.15, 0.2) is 0 Å². The summed E-state index contributed by atoms with van der Waals surface area (Å²) in [7, 11) is 0. The average molecular weight is 427 g/mol. The number of amides is 1. The van der Waals surface area contributed by atoms with Gasteiger partial charge in [0.25, 0.3) is 5.91 Å². The molecule has 0 bridgehead atoms. The summed E-state index contributed by atoms with van der Waals surface area (Å²) >= 11 is 0. The van der Waals surface area contributed by atoms with E-state index >= 15 is 0 Å². The van der Waals surface area contributed by atoms with Crippen LogP contribution in [0.1, 0.15) is 40.4 Å². The number of benzene rings is 2. The molecule has 1 aromatic heterocycles. The molecular weight excluding hydrogens is 407 g/mol. The number of carbonyl (C=O) groups excluding carboxylic acids is 1. The third-order valence-electron chi connectivity index (χ3n) is 6.51. The third-order valence-corrected chi connectivity index (χ3v) is 6.51. The molecule has 1 amide bonds. The first-order valence-corrected chi connectivity index (χ1v) is 10.0. The summed E-state index contributed by atoms with van der Waals surface area (Å²) in [6, 6.07) is 6.75. The number of nitrogens with zero attached hydrogens (tertiary/aromatic N) is 2. The molecule has 2 aromatic carbocycles. The van der Waals surface area contributed by atoms with Gasteiger partial charge in [-0.05, 0) is 61.7 Å². The molecule has 0 radical (unpaired) electrons.